The first-order valence-electron chi connectivity index (χ1n) is 4.96. The fourth-order valence-electron chi connectivity index (χ4n) is 1.21. The van der Waals surface area contributed by atoms with Gasteiger partial charge in [-0.3, -0.25) is 4.72 Å². The quantitative estimate of drug-likeness (QED) is 0.720. The first kappa shape index (κ1) is 13.7. The van der Waals surface area contributed by atoms with E-state index in [1.807, 2.05) is 0 Å². The second-order valence-electron chi connectivity index (χ2n) is 4.66. The summed E-state index contributed by atoms with van der Waals surface area (Å²) in [5.74, 6) is -0.718. The molecule has 0 aliphatic rings. The summed E-state index contributed by atoms with van der Waals surface area (Å²) in [7, 11) is -3.86. The Morgan fingerprint density at radius 1 is 1.29 bits per heavy atom. The first-order valence-corrected chi connectivity index (χ1v) is 6.45. The third-order valence-corrected chi connectivity index (χ3v) is 3.08. The second-order valence-corrected chi connectivity index (χ2v) is 6.08. The van der Waals surface area contributed by atoms with Crippen LogP contribution < -0.4 is 15.2 Å². The van der Waals surface area contributed by atoms with Crippen LogP contribution in [0.3, 0.4) is 0 Å². The highest BCUT2D eigenvalue weighted by Gasteiger charge is 2.21. The van der Waals surface area contributed by atoms with E-state index in [0.29, 0.717) is 0 Å². The van der Waals surface area contributed by atoms with Crippen LogP contribution in [-0.4, -0.2) is 14.0 Å². The number of nitrogen functional groups attached to an aromatic ring is 1. The van der Waals surface area contributed by atoms with Gasteiger partial charge >= 0.3 is 0 Å². The van der Waals surface area contributed by atoms with Crippen molar-refractivity contribution in [2.45, 2.75) is 26.3 Å². The summed E-state index contributed by atoms with van der Waals surface area (Å²) in [6, 6.07) is 3.95. The lowest BCUT2D eigenvalue weighted by atomic mass is 10.1. The molecule has 0 heterocycles. The minimum atomic E-state index is -3.86. The van der Waals surface area contributed by atoms with E-state index < -0.39 is 21.6 Å². The largest absolute Gasteiger partial charge is 0.397 e. The van der Waals surface area contributed by atoms with E-state index in [-0.39, 0.29) is 11.4 Å². The van der Waals surface area contributed by atoms with Gasteiger partial charge in [0.05, 0.1) is 5.69 Å². The highest BCUT2D eigenvalue weighted by molar-refractivity contribution is 7.90. The van der Waals surface area contributed by atoms with Crippen molar-refractivity contribution in [2.75, 3.05) is 10.5 Å². The van der Waals surface area contributed by atoms with Crippen molar-refractivity contribution >= 4 is 21.6 Å². The molecule has 5 nitrogen and oxygen atoms in total. The SMILES string of the molecule is CC(C)(C)NS(=O)(=O)Nc1c(N)cccc1F. The van der Waals surface area contributed by atoms with Crippen LogP contribution in [0.4, 0.5) is 15.8 Å². The van der Waals surface area contributed by atoms with Crippen LogP contribution in [0.25, 0.3) is 0 Å². The molecule has 1 rings (SSSR count). The highest BCUT2D eigenvalue weighted by atomic mass is 32.2. The lowest BCUT2D eigenvalue weighted by molar-refractivity contribution is 0.494. The molecule has 7 heteroatoms. The number of anilines is 2. The Labute approximate surface area is 100 Å². The Morgan fingerprint density at radius 2 is 1.88 bits per heavy atom. The maximum Gasteiger partial charge on any atom is 0.299 e. The summed E-state index contributed by atoms with van der Waals surface area (Å²) in [6.45, 7) is 5.03. The van der Waals surface area contributed by atoms with E-state index in [4.69, 9.17) is 5.73 Å². The number of halogens is 1. The Morgan fingerprint density at radius 3 is 2.35 bits per heavy atom. The minimum Gasteiger partial charge on any atom is -0.397 e. The maximum atomic E-state index is 13.4. The summed E-state index contributed by atoms with van der Waals surface area (Å²) < 4.78 is 41.1. The highest BCUT2D eigenvalue weighted by Crippen LogP contribution is 2.22. The summed E-state index contributed by atoms with van der Waals surface area (Å²) >= 11 is 0. The standard InChI is InChI=1S/C10H16FN3O2S/c1-10(2,3)14-17(15,16)13-9-7(11)5-4-6-8(9)12/h4-6,13-14H,12H2,1-3H3. The number of benzene rings is 1. The van der Waals surface area contributed by atoms with Crippen LogP contribution in [0.15, 0.2) is 18.2 Å². The van der Waals surface area contributed by atoms with Crippen LogP contribution in [-0.2, 0) is 10.2 Å². The van der Waals surface area contributed by atoms with Crippen molar-refractivity contribution in [1.29, 1.82) is 0 Å². The lowest BCUT2D eigenvalue weighted by Gasteiger charge is -2.21. The average Bonchev–Trinajstić information content (AvgIpc) is 2.07. The van der Waals surface area contributed by atoms with Gasteiger partial charge in [-0.05, 0) is 32.9 Å². The van der Waals surface area contributed by atoms with Gasteiger partial charge in [0.25, 0.3) is 10.2 Å². The second kappa shape index (κ2) is 4.50. The molecule has 0 fully saturated rings. The van der Waals surface area contributed by atoms with E-state index in [1.165, 1.54) is 12.1 Å². The molecular formula is C10H16FN3O2S. The fraction of sp³-hybridized carbons (Fsp3) is 0.400. The van der Waals surface area contributed by atoms with Crippen LogP contribution in [0.1, 0.15) is 20.8 Å². The third-order valence-electron chi connectivity index (χ3n) is 1.72. The number of hydrogen-bond acceptors (Lipinski definition) is 3. The average molecular weight is 261 g/mol. The molecule has 0 bridgehead atoms. The minimum absolute atomic E-state index is 0.0317. The molecule has 1 aromatic carbocycles. The van der Waals surface area contributed by atoms with E-state index >= 15 is 0 Å². The van der Waals surface area contributed by atoms with Crippen LogP contribution in [0.2, 0.25) is 0 Å². The Bertz CT molecular complexity index is 489. The number of rotatable bonds is 3. The van der Waals surface area contributed by atoms with Gasteiger partial charge in [0.15, 0.2) is 0 Å². The van der Waals surface area contributed by atoms with Crippen LogP contribution in [0, 0.1) is 5.82 Å². The van der Waals surface area contributed by atoms with Gasteiger partial charge in [0.1, 0.15) is 11.5 Å². The first-order chi connectivity index (χ1) is 7.61. The molecule has 0 radical (unpaired) electrons. The molecular weight excluding hydrogens is 245 g/mol. The predicted molar refractivity (Wildman–Crippen MR) is 66.2 cm³/mol. The molecule has 96 valence electrons. The van der Waals surface area contributed by atoms with Crippen molar-refractivity contribution in [2.24, 2.45) is 0 Å². The zero-order valence-electron chi connectivity index (χ0n) is 9.91. The molecule has 0 aliphatic heterocycles. The van der Waals surface area contributed by atoms with Crippen molar-refractivity contribution in [3.63, 3.8) is 0 Å². The number of hydrogen-bond donors (Lipinski definition) is 3. The fourth-order valence-corrected chi connectivity index (χ4v) is 2.55. The molecule has 0 aromatic heterocycles. The van der Waals surface area contributed by atoms with Gasteiger partial charge in [0, 0.05) is 5.54 Å². The number of para-hydroxylation sites is 1. The van der Waals surface area contributed by atoms with Crippen molar-refractivity contribution in [1.82, 2.24) is 4.72 Å². The van der Waals surface area contributed by atoms with E-state index in [0.717, 1.165) is 6.07 Å². The molecule has 0 amide bonds. The van der Waals surface area contributed by atoms with Crippen molar-refractivity contribution < 1.29 is 12.8 Å². The Kier molecular flexibility index (Phi) is 3.63. The lowest BCUT2D eigenvalue weighted by Crippen LogP contribution is -2.43. The molecule has 0 saturated carbocycles. The van der Waals surface area contributed by atoms with Crippen LogP contribution >= 0.6 is 0 Å². The molecule has 0 spiro atoms. The number of nitrogens with two attached hydrogens (primary N) is 1. The molecule has 0 aliphatic carbocycles. The molecule has 1 aromatic rings. The van der Waals surface area contributed by atoms with Gasteiger partial charge < -0.3 is 5.73 Å². The molecule has 0 saturated heterocycles. The summed E-state index contributed by atoms with van der Waals surface area (Å²) in [5, 5.41) is 0. The summed E-state index contributed by atoms with van der Waals surface area (Å²) in [5.41, 5.74) is 4.62. The van der Waals surface area contributed by atoms with Gasteiger partial charge in [-0.15, -0.1) is 0 Å². The van der Waals surface area contributed by atoms with Crippen molar-refractivity contribution in [3.05, 3.63) is 24.0 Å². The molecule has 17 heavy (non-hydrogen) atoms. The zero-order valence-corrected chi connectivity index (χ0v) is 10.7. The summed E-state index contributed by atoms with van der Waals surface area (Å²) in [4.78, 5) is 0. The molecule has 0 unspecified atom stereocenters. The predicted octanol–water partition coefficient (Wildman–Crippen LogP) is 1.45. The van der Waals surface area contributed by atoms with Gasteiger partial charge in [-0.25, -0.2) is 4.39 Å². The third kappa shape index (κ3) is 4.20. The van der Waals surface area contributed by atoms with E-state index in [9.17, 15) is 12.8 Å². The Balaban J connectivity index is 2.99. The van der Waals surface area contributed by atoms with Crippen molar-refractivity contribution in [3.8, 4) is 0 Å². The smallest absolute Gasteiger partial charge is 0.299 e. The van der Waals surface area contributed by atoms with Gasteiger partial charge in [-0.1, -0.05) is 6.07 Å². The van der Waals surface area contributed by atoms with Gasteiger partial charge in [-0.2, -0.15) is 13.1 Å². The topological polar surface area (TPSA) is 84.2 Å². The summed E-state index contributed by atoms with van der Waals surface area (Å²) in [6.07, 6.45) is 0. The van der Waals surface area contributed by atoms with E-state index in [1.54, 1.807) is 20.8 Å². The van der Waals surface area contributed by atoms with E-state index in [2.05, 4.69) is 9.44 Å². The molecule has 4 N–H and O–H groups in total. The number of nitrogens with one attached hydrogen (secondary N) is 2. The maximum absolute atomic E-state index is 13.4. The zero-order chi connectivity index (χ0) is 13.3. The molecule has 0 atom stereocenters. The Hall–Kier alpha value is -1.34. The van der Waals surface area contributed by atoms with Gasteiger partial charge in [0.2, 0.25) is 0 Å². The monoisotopic (exact) mass is 261 g/mol. The normalized spacial score (nSPS) is 12.5. The van der Waals surface area contributed by atoms with Crippen LogP contribution in [0.5, 0.6) is 0 Å².